The van der Waals surface area contributed by atoms with E-state index in [-0.39, 0.29) is 0 Å². The molecule has 1 unspecified atom stereocenters. The Balaban J connectivity index is 1.36. The molecule has 0 amide bonds. The van der Waals surface area contributed by atoms with E-state index in [0.29, 0.717) is 41.0 Å². The van der Waals surface area contributed by atoms with Crippen molar-refractivity contribution < 1.29 is 32.7 Å². The second-order valence-electron chi connectivity index (χ2n) is 9.48. The standard InChI is InChI=1S/C30H24F3NO4/c1-18-26(25(35)14-5-19-3-2-4-24(17-19)30(31,32)33)27(38-34-18)22-8-6-20(7-9-22)21-10-12-23(13-11-21)29(15-16-29)28(36)37/h2-14,17,25,35H,15-16H2,1H3,(H,36,37). The molecule has 3 aromatic carbocycles. The molecular weight excluding hydrogens is 495 g/mol. The number of aliphatic hydroxyl groups excluding tert-OH is 1. The van der Waals surface area contributed by atoms with Crippen LogP contribution in [-0.4, -0.2) is 21.3 Å². The average Bonchev–Trinajstić information content (AvgIpc) is 3.64. The van der Waals surface area contributed by atoms with E-state index >= 15 is 0 Å². The van der Waals surface area contributed by atoms with Gasteiger partial charge in [0, 0.05) is 5.56 Å². The van der Waals surface area contributed by atoms with Crippen LogP contribution in [0.25, 0.3) is 28.5 Å². The number of benzene rings is 3. The highest BCUT2D eigenvalue weighted by atomic mass is 19.4. The zero-order chi connectivity index (χ0) is 27.1. The molecule has 1 heterocycles. The topological polar surface area (TPSA) is 83.6 Å². The highest BCUT2D eigenvalue weighted by molar-refractivity contribution is 5.85. The third-order valence-electron chi connectivity index (χ3n) is 6.97. The van der Waals surface area contributed by atoms with Gasteiger partial charge in [0.15, 0.2) is 5.76 Å². The van der Waals surface area contributed by atoms with Gasteiger partial charge in [-0.2, -0.15) is 13.2 Å². The van der Waals surface area contributed by atoms with Gasteiger partial charge in [0.1, 0.15) is 6.10 Å². The molecular formula is C30H24F3NO4. The molecule has 0 saturated heterocycles. The number of carbonyl (C=O) groups is 1. The molecule has 4 aromatic rings. The summed E-state index contributed by atoms with van der Waals surface area (Å²) in [6, 6.07) is 19.8. The van der Waals surface area contributed by atoms with Crippen molar-refractivity contribution in [3.8, 4) is 22.5 Å². The zero-order valence-corrected chi connectivity index (χ0v) is 20.4. The number of aryl methyl sites for hydroxylation is 1. The molecule has 2 N–H and O–H groups in total. The van der Waals surface area contributed by atoms with E-state index in [0.717, 1.165) is 28.8 Å². The summed E-state index contributed by atoms with van der Waals surface area (Å²) in [6.07, 6.45) is -1.47. The van der Waals surface area contributed by atoms with Crippen LogP contribution in [0, 0.1) is 6.92 Å². The van der Waals surface area contributed by atoms with Gasteiger partial charge in [-0.3, -0.25) is 4.79 Å². The summed E-state index contributed by atoms with van der Waals surface area (Å²) in [4.78, 5) is 11.6. The highest BCUT2D eigenvalue weighted by Crippen LogP contribution is 2.48. The first kappa shape index (κ1) is 25.5. The van der Waals surface area contributed by atoms with Crippen molar-refractivity contribution in [3.63, 3.8) is 0 Å². The zero-order valence-electron chi connectivity index (χ0n) is 20.4. The van der Waals surface area contributed by atoms with Crippen molar-refractivity contribution in [1.82, 2.24) is 5.16 Å². The molecule has 1 fully saturated rings. The molecule has 5 rings (SSSR count). The third-order valence-corrected chi connectivity index (χ3v) is 6.97. The third kappa shape index (κ3) is 4.87. The molecule has 0 aliphatic heterocycles. The molecule has 38 heavy (non-hydrogen) atoms. The molecule has 1 aliphatic rings. The van der Waals surface area contributed by atoms with Gasteiger partial charge in [0.2, 0.25) is 0 Å². The van der Waals surface area contributed by atoms with E-state index in [4.69, 9.17) is 4.52 Å². The van der Waals surface area contributed by atoms with Crippen LogP contribution in [0.15, 0.2) is 83.4 Å². The number of hydrogen-bond acceptors (Lipinski definition) is 4. The predicted molar refractivity (Wildman–Crippen MR) is 136 cm³/mol. The highest BCUT2D eigenvalue weighted by Gasteiger charge is 2.51. The molecule has 1 saturated carbocycles. The molecule has 1 aromatic heterocycles. The fourth-order valence-electron chi connectivity index (χ4n) is 4.60. The quantitative estimate of drug-likeness (QED) is 0.270. The Kier molecular flexibility index (Phi) is 6.44. The lowest BCUT2D eigenvalue weighted by Crippen LogP contribution is -2.19. The van der Waals surface area contributed by atoms with Crippen LogP contribution in [0.5, 0.6) is 0 Å². The number of aliphatic hydroxyl groups is 1. The SMILES string of the molecule is Cc1noc(-c2ccc(-c3ccc(C4(C(=O)O)CC4)cc3)cc2)c1C(O)C=Cc1cccc(C(F)(F)F)c1. The lowest BCUT2D eigenvalue weighted by molar-refractivity contribution is -0.140. The summed E-state index contributed by atoms with van der Waals surface area (Å²) in [5, 5.41) is 24.3. The van der Waals surface area contributed by atoms with Crippen LogP contribution >= 0.6 is 0 Å². The summed E-state index contributed by atoms with van der Waals surface area (Å²) < 4.78 is 44.5. The number of halogens is 3. The maximum atomic E-state index is 13.0. The summed E-state index contributed by atoms with van der Waals surface area (Å²) in [6.45, 7) is 1.68. The Hall–Kier alpha value is -4.17. The van der Waals surface area contributed by atoms with Crippen LogP contribution in [-0.2, 0) is 16.4 Å². The second-order valence-corrected chi connectivity index (χ2v) is 9.48. The molecule has 8 heteroatoms. The smallest absolute Gasteiger partial charge is 0.416 e. The Morgan fingerprint density at radius 1 is 1.00 bits per heavy atom. The summed E-state index contributed by atoms with van der Waals surface area (Å²) in [7, 11) is 0. The van der Waals surface area contributed by atoms with Gasteiger partial charge in [0.05, 0.1) is 22.2 Å². The van der Waals surface area contributed by atoms with Gasteiger partial charge in [-0.1, -0.05) is 78.0 Å². The van der Waals surface area contributed by atoms with Crippen LogP contribution in [0.1, 0.15) is 46.9 Å². The molecule has 0 radical (unpaired) electrons. The van der Waals surface area contributed by atoms with Crippen LogP contribution in [0.4, 0.5) is 13.2 Å². The number of carboxylic acid groups (broad SMARTS) is 1. The van der Waals surface area contributed by atoms with Crippen molar-refractivity contribution >= 4 is 12.0 Å². The van der Waals surface area contributed by atoms with Gasteiger partial charge in [0.25, 0.3) is 0 Å². The number of rotatable bonds is 7. The number of alkyl halides is 3. The lowest BCUT2D eigenvalue weighted by Gasteiger charge is -2.11. The van der Waals surface area contributed by atoms with E-state index < -0.39 is 29.2 Å². The van der Waals surface area contributed by atoms with Gasteiger partial charge in [-0.05, 0) is 54.2 Å². The molecule has 0 bridgehead atoms. The van der Waals surface area contributed by atoms with Crippen molar-refractivity contribution in [2.24, 2.45) is 0 Å². The second kappa shape index (κ2) is 9.61. The molecule has 0 spiro atoms. The molecule has 1 aliphatic carbocycles. The van der Waals surface area contributed by atoms with Crippen LogP contribution in [0.2, 0.25) is 0 Å². The minimum atomic E-state index is -4.45. The van der Waals surface area contributed by atoms with Gasteiger partial charge < -0.3 is 14.7 Å². The maximum absolute atomic E-state index is 13.0. The summed E-state index contributed by atoms with van der Waals surface area (Å²) >= 11 is 0. The lowest BCUT2D eigenvalue weighted by atomic mass is 9.93. The normalized spacial score (nSPS) is 15.5. The first-order valence-corrected chi connectivity index (χ1v) is 12.0. The van der Waals surface area contributed by atoms with Crippen LogP contribution in [0.3, 0.4) is 0 Å². The number of carboxylic acids is 1. The van der Waals surface area contributed by atoms with Crippen molar-refractivity contribution in [2.75, 3.05) is 0 Å². The number of hydrogen-bond donors (Lipinski definition) is 2. The van der Waals surface area contributed by atoms with Crippen molar-refractivity contribution in [1.29, 1.82) is 0 Å². The molecule has 1 atom stereocenters. The number of aromatic nitrogens is 1. The first-order valence-electron chi connectivity index (χ1n) is 12.0. The summed E-state index contributed by atoms with van der Waals surface area (Å²) in [5.41, 5.74) is 3.01. The first-order chi connectivity index (χ1) is 18.1. The maximum Gasteiger partial charge on any atom is 0.416 e. The van der Waals surface area contributed by atoms with Gasteiger partial charge >= 0.3 is 12.1 Å². The van der Waals surface area contributed by atoms with Gasteiger partial charge in [-0.15, -0.1) is 0 Å². The number of nitrogens with zero attached hydrogens (tertiary/aromatic N) is 1. The minimum Gasteiger partial charge on any atom is -0.481 e. The monoisotopic (exact) mass is 519 g/mol. The van der Waals surface area contributed by atoms with Crippen LogP contribution < -0.4 is 0 Å². The number of aliphatic carboxylic acids is 1. The Morgan fingerprint density at radius 2 is 1.61 bits per heavy atom. The van der Waals surface area contributed by atoms with Crippen molar-refractivity contribution in [3.05, 3.63) is 107 Å². The largest absolute Gasteiger partial charge is 0.481 e. The Bertz CT molecular complexity index is 1500. The Labute approximate surface area is 216 Å². The fraction of sp³-hybridized carbons (Fsp3) is 0.200. The van der Waals surface area contributed by atoms with E-state index in [1.807, 2.05) is 48.5 Å². The average molecular weight is 520 g/mol. The fourth-order valence-corrected chi connectivity index (χ4v) is 4.60. The molecule has 194 valence electrons. The van der Waals surface area contributed by atoms with Gasteiger partial charge in [-0.25, -0.2) is 0 Å². The van der Waals surface area contributed by atoms with E-state index in [1.54, 1.807) is 6.92 Å². The van der Waals surface area contributed by atoms with E-state index in [9.17, 15) is 28.2 Å². The van der Waals surface area contributed by atoms with Crippen molar-refractivity contribution in [2.45, 2.75) is 37.5 Å². The predicted octanol–water partition coefficient (Wildman–Crippen LogP) is 7.20. The van der Waals surface area contributed by atoms with E-state index in [2.05, 4.69) is 5.16 Å². The molecule has 5 nitrogen and oxygen atoms in total. The van der Waals surface area contributed by atoms with E-state index in [1.165, 1.54) is 24.3 Å². The summed E-state index contributed by atoms with van der Waals surface area (Å²) in [5.74, 6) is -0.428. The Morgan fingerprint density at radius 3 is 2.18 bits per heavy atom. The minimum absolute atomic E-state index is 0.306.